The largest absolute Gasteiger partial charge is 0.367 e. The highest BCUT2D eigenvalue weighted by atomic mass is 32.2. The molecule has 0 aliphatic heterocycles. The minimum atomic E-state index is -3.47. The third-order valence-electron chi connectivity index (χ3n) is 4.12. The van der Waals surface area contributed by atoms with Crippen molar-refractivity contribution >= 4 is 15.8 Å². The van der Waals surface area contributed by atoms with Crippen molar-refractivity contribution in [1.29, 1.82) is 5.26 Å². The Balaban J connectivity index is 2.21. The Morgan fingerprint density at radius 3 is 2.52 bits per heavy atom. The van der Waals surface area contributed by atoms with Crippen molar-refractivity contribution in [3.8, 4) is 6.07 Å². The van der Waals surface area contributed by atoms with Crippen LogP contribution in [0, 0.1) is 18.3 Å². The molecule has 1 aromatic heterocycles. The molecule has 1 saturated carbocycles. The normalized spacial score (nSPS) is 17.2. The first-order valence-electron chi connectivity index (χ1n) is 7.73. The van der Waals surface area contributed by atoms with Gasteiger partial charge in [0.25, 0.3) is 0 Å². The van der Waals surface area contributed by atoms with Gasteiger partial charge < -0.3 is 5.32 Å². The molecule has 0 saturated heterocycles. The summed E-state index contributed by atoms with van der Waals surface area (Å²) < 4.78 is 27.4. The van der Waals surface area contributed by atoms with E-state index in [2.05, 4.69) is 21.1 Å². The van der Waals surface area contributed by atoms with Crippen LogP contribution in [0.25, 0.3) is 0 Å². The Hall–Kier alpha value is -1.65. The molecule has 1 fully saturated rings. The van der Waals surface area contributed by atoms with Crippen molar-refractivity contribution in [3.63, 3.8) is 0 Å². The third kappa shape index (κ3) is 3.65. The van der Waals surface area contributed by atoms with Gasteiger partial charge in [-0.05, 0) is 52.2 Å². The number of aryl methyl sites for hydroxylation is 1. The van der Waals surface area contributed by atoms with Gasteiger partial charge in [-0.25, -0.2) is 18.1 Å². The molecule has 0 bridgehead atoms. The number of pyridine rings is 1. The van der Waals surface area contributed by atoms with E-state index in [-0.39, 0.29) is 6.54 Å². The predicted molar refractivity (Wildman–Crippen MR) is 90.6 cm³/mol. The molecule has 1 heterocycles. The number of anilines is 1. The van der Waals surface area contributed by atoms with Crippen LogP contribution < -0.4 is 10.0 Å². The fourth-order valence-electron chi connectivity index (χ4n) is 2.70. The van der Waals surface area contributed by atoms with Gasteiger partial charge in [0.2, 0.25) is 10.0 Å². The van der Waals surface area contributed by atoms with Crippen LogP contribution in [0.15, 0.2) is 12.3 Å². The molecule has 23 heavy (non-hydrogen) atoms. The molecule has 1 aromatic rings. The van der Waals surface area contributed by atoms with E-state index in [0.717, 1.165) is 12.0 Å². The van der Waals surface area contributed by atoms with Crippen LogP contribution in [-0.4, -0.2) is 30.2 Å². The average molecular weight is 336 g/mol. The maximum Gasteiger partial charge on any atom is 0.219 e. The minimum absolute atomic E-state index is 0.254. The zero-order chi connectivity index (χ0) is 17.3. The number of hydrogen-bond acceptors (Lipinski definition) is 5. The number of rotatable bonds is 5. The smallest absolute Gasteiger partial charge is 0.219 e. The van der Waals surface area contributed by atoms with E-state index >= 15 is 0 Å². The molecule has 1 aliphatic carbocycles. The van der Waals surface area contributed by atoms with Gasteiger partial charge in [0.1, 0.15) is 16.6 Å². The monoisotopic (exact) mass is 336 g/mol. The van der Waals surface area contributed by atoms with Gasteiger partial charge >= 0.3 is 0 Å². The van der Waals surface area contributed by atoms with E-state index in [0.29, 0.717) is 24.2 Å². The molecule has 1 aliphatic rings. The third-order valence-corrected chi connectivity index (χ3v) is 6.70. The van der Waals surface area contributed by atoms with Crippen LogP contribution in [0.5, 0.6) is 0 Å². The van der Waals surface area contributed by atoms with Gasteiger partial charge in [-0.3, -0.25) is 0 Å². The lowest BCUT2D eigenvalue weighted by atomic mass is 9.84. The van der Waals surface area contributed by atoms with Crippen LogP contribution in [0.3, 0.4) is 0 Å². The van der Waals surface area contributed by atoms with Crippen LogP contribution >= 0.6 is 0 Å². The summed E-state index contributed by atoms with van der Waals surface area (Å²) >= 11 is 0. The SMILES string of the molecule is Cc1ccnc(NCC2(S(=O)(=O)NC(C)(C)C)CCC2)c1C#N. The summed E-state index contributed by atoms with van der Waals surface area (Å²) in [6.07, 6.45) is 3.73. The second-order valence-electron chi connectivity index (χ2n) is 7.21. The van der Waals surface area contributed by atoms with E-state index in [1.165, 1.54) is 0 Å². The Morgan fingerprint density at radius 2 is 2.04 bits per heavy atom. The highest BCUT2D eigenvalue weighted by Crippen LogP contribution is 2.39. The van der Waals surface area contributed by atoms with E-state index in [9.17, 15) is 13.7 Å². The molecule has 126 valence electrons. The maximum absolute atomic E-state index is 12.8. The van der Waals surface area contributed by atoms with E-state index < -0.39 is 20.3 Å². The fourth-order valence-corrected chi connectivity index (χ4v) is 4.81. The number of aromatic nitrogens is 1. The predicted octanol–water partition coefficient (Wildman–Crippen LogP) is 2.31. The van der Waals surface area contributed by atoms with E-state index in [4.69, 9.17) is 0 Å². The summed E-state index contributed by atoms with van der Waals surface area (Å²) in [7, 11) is -3.47. The lowest BCUT2D eigenvalue weighted by Gasteiger charge is -2.42. The first kappa shape index (κ1) is 17.7. The van der Waals surface area contributed by atoms with Crippen molar-refractivity contribution < 1.29 is 8.42 Å². The Morgan fingerprint density at radius 1 is 1.39 bits per heavy atom. The molecule has 2 N–H and O–H groups in total. The number of nitriles is 1. The molecule has 0 spiro atoms. The number of nitrogens with one attached hydrogen (secondary N) is 2. The van der Waals surface area contributed by atoms with Crippen LogP contribution in [0.2, 0.25) is 0 Å². The van der Waals surface area contributed by atoms with Crippen molar-refractivity contribution in [2.75, 3.05) is 11.9 Å². The second kappa shape index (κ2) is 6.10. The van der Waals surface area contributed by atoms with Gasteiger partial charge in [0.15, 0.2) is 0 Å². The lowest BCUT2D eigenvalue weighted by molar-refractivity contribution is 0.339. The Kier molecular flexibility index (Phi) is 4.69. The molecule has 0 unspecified atom stereocenters. The summed E-state index contributed by atoms with van der Waals surface area (Å²) in [5.41, 5.74) is 0.771. The number of nitrogens with zero attached hydrogens (tertiary/aromatic N) is 2. The standard InChI is InChI=1S/C16H24N4O2S/c1-12-6-9-18-14(13(12)10-17)19-11-16(7-5-8-16)23(21,22)20-15(2,3)4/h6,9,20H,5,7-8,11H2,1-4H3,(H,18,19). The highest BCUT2D eigenvalue weighted by molar-refractivity contribution is 7.91. The number of sulfonamides is 1. The maximum atomic E-state index is 12.8. The van der Waals surface area contributed by atoms with Crippen LogP contribution in [-0.2, 0) is 10.0 Å². The molecule has 6 nitrogen and oxygen atoms in total. The van der Waals surface area contributed by atoms with E-state index in [1.807, 2.05) is 27.7 Å². The average Bonchev–Trinajstić information content (AvgIpc) is 2.34. The summed E-state index contributed by atoms with van der Waals surface area (Å²) in [6.45, 7) is 7.59. The highest BCUT2D eigenvalue weighted by Gasteiger charge is 2.49. The second-order valence-corrected chi connectivity index (χ2v) is 9.29. The topological polar surface area (TPSA) is 94.9 Å². The van der Waals surface area contributed by atoms with Gasteiger partial charge in [-0.2, -0.15) is 5.26 Å². The molecule has 0 radical (unpaired) electrons. The lowest BCUT2D eigenvalue weighted by Crippen LogP contribution is -2.58. The van der Waals surface area contributed by atoms with Gasteiger partial charge in [0, 0.05) is 18.3 Å². The summed E-state index contributed by atoms with van der Waals surface area (Å²) in [5.74, 6) is 0.449. The molecule has 7 heteroatoms. The zero-order valence-corrected chi connectivity index (χ0v) is 14.9. The van der Waals surface area contributed by atoms with Crippen molar-refractivity contribution in [2.45, 2.75) is 57.2 Å². The van der Waals surface area contributed by atoms with Crippen LogP contribution in [0.1, 0.15) is 51.2 Å². The molecule has 0 atom stereocenters. The molecule has 0 amide bonds. The van der Waals surface area contributed by atoms with Crippen molar-refractivity contribution in [3.05, 3.63) is 23.4 Å². The molecular formula is C16H24N4O2S. The quantitative estimate of drug-likeness (QED) is 0.860. The van der Waals surface area contributed by atoms with Gasteiger partial charge in [0.05, 0.1) is 5.56 Å². The first-order chi connectivity index (χ1) is 10.6. The van der Waals surface area contributed by atoms with Crippen molar-refractivity contribution in [1.82, 2.24) is 9.71 Å². The van der Waals surface area contributed by atoms with Crippen LogP contribution in [0.4, 0.5) is 5.82 Å². The van der Waals surface area contributed by atoms with Crippen molar-refractivity contribution in [2.24, 2.45) is 0 Å². The van der Waals surface area contributed by atoms with Gasteiger partial charge in [-0.1, -0.05) is 6.42 Å². The Labute approximate surface area is 138 Å². The molecule has 2 rings (SSSR count). The summed E-state index contributed by atoms with van der Waals surface area (Å²) in [4.78, 5) is 4.18. The number of hydrogen-bond donors (Lipinski definition) is 2. The minimum Gasteiger partial charge on any atom is -0.367 e. The summed E-state index contributed by atoms with van der Waals surface area (Å²) in [6, 6.07) is 3.89. The fraction of sp³-hybridized carbons (Fsp3) is 0.625. The van der Waals surface area contributed by atoms with Gasteiger partial charge in [-0.15, -0.1) is 0 Å². The van der Waals surface area contributed by atoms with E-state index in [1.54, 1.807) is 12.3 Å². The first-order valence-corrected chi connectivity index (χ1v) is 9.22. The Bertz CT molecular complexity index is 725. The molecular weight excluding hydrogens is 312 g/mol. The zero-order valence-electron chi connectivity index (χ0n) is 14.1. The summed E-state index contributed by atoms with van der Waals surface area (Å²) in [5, 5.41) is 12.3. The molecule has 0 aromatic carbocycles.